The van der Waals surface area contributed by atoms with Crippen molar-refractivity contribution in [2.24, 2.45) is 22.7 Å². The van der Waals surface area contributed by atoms with Crippen molar-refractivity contribution >= 4 is 0 Å². The first kappa shape index (κ1) is 19.8. The minimum absolute atomic E-state index is 0.169. The number of hydrogen-bond acceptors (Lipinski definition) is 5. The molecule has 4 aliphatic rings. The summed E-state index contributed by atoms with van der Waals surface area (Å²) in [6.45, 7) is 4.43. The minimum Gasteiger partial charge on any atom is -0.431 e. The molecule has 1 aromatic rings. The maximum Gasteiger partial charge on any atom is 0.335 e. The Bertz CT molecular complexity index is 845. The van der Waals surface area contributed by atoms with Gasteiger partial charge in [-0.3, -0.25) is 0 Å². The molecule has 4 fully saturated rings. The van der Waals surface area contributed by atoms with Crippen LogP contribution in [0.15, 0.2) is 27.6 Å². The van der Waals surface area contributed by atoms with Crippen LogP contribution < -0.4 is 5.63 Å². The zero-order valence-electron chi connectivity index (χ0n) is 17.6. The molecule has 0 radical (unpaired) electrons. The Kier molecular flexibility index (Phi) is 4.21. The van der Waals surface area contributed by atoms with Crippen LogP contribution in [-0.2, 0) is 0 Å². The lowest BCUT2D eigenvalue weighted by atomic mass is 9.42. The van der Waals surface area contributed by atoms with Gasteiger partial charge in [0.05, 0.1) is 23.6 Å². The van der Waals surface area contributed by atoms with Crippen LogP contribution in [0.3, 0.4) is 0 Å². The van der Waals surface area contributed by atoms with Crippen molar-refractivity contribution in [3.8, 4) is 0 Å². The van der Waals surface area contributed by atoms with Crippen molar-refractivity contribution < 1.29 is 19.7 Å². The highest BCUT2D eigenvalue weighted by molar-refractivity contribution is 5.27. The van der Waals surface area contributed by atoms with E-state index in [1.54, 1.807) is 6.26 Å². The first-order chi connectivity index (χ1) is 13.6. The van der Waals surface area contributed by atoms with Crippen molar-refractivity contribution in [2.75, 3.05) is 0 Å². The van der Waals surface area contributed by atoms with Gasteiger partial charge < -0.3 is 19.7 Å². The maximum atomic E-state index is 12.2. The molecule has 0 saturated heterocycles. The molecular formula is C24H34O5. The molecule has 8 atom stereocenters. The summed E-state index contributed by atoms with van der Waals surface area (Å²) in [5, 5.41) is 33.9. The summed E-state index contributed by atoms with van der Waals surface area (Å²) < 4.78 is 5.15. The van der Waals surface area contributed by atoms with Gasteiger partial charge in [0.15, 0.2) is 0 Å². The Morgan fingerprint density at radius 1 is 0.931 bits per heavy atom. The van der Waals surface area contributed by atoms with Gasteiger partial charge in [0.25, 0.3) is 0 Å². The highest BCUT2D eigenvalue weighted by Gasteiger charge is 2.69. The van der Waals surface area contributed by atoms with Crippen molar-refractivity contribution in [1.29, 1.82) is 0 Å². The monoisotopic (exact) mass is 402 g/mol. The number of aliphatic hydroxyl groups is 3. The van der Waals surface area contributed by atoms with E-state index in [4.69, 9.17) is 4.42 Å². The molecule has 5 nitrogen and oxygen atoms in total. The Balaban J connectivity index is 1.50. The van der Waals surface area contributed by atoms with E-state index >= 15 is 0 Å². The predicted molar refractivity (Wildman–Crippen MR) is 108 cm³/mol. The largest absolute Gasteiger partial charge is 0.431 e. The van der Waals surface area contributed by atoms with E-state index in [1.165, 1.54) is 6.07 Å². The molecule has 1 aromatic heterocycles. The molecule has 5 heteroatoms. The second kappa shape index (κ2) is 6.18. The second-order valence-corrected chi connectivity index (χ2v) is 11.0. The summed E-state index contributed by atoms with van der Waals surface area (Å²) >= 11 is 0. The fraction of sp³-hybridized carbons (Fsp3) is 0.792. The van der Waals surface area contributed by atoms with Crippen LogP contribution in [0.25, 0.3) is 0 Å². The second-order valence-electron chi connectivity index (χ2n) is 11.0. The highest BCUT2D eigenvalue weighted by Crippen LogP contribution is 2.71. The summed E-state index contributed by atoms with van der Waals surface area (Å²) in [5.74, 6) is 0.626. The maximum absolute atomic E-state index is 12.2. The van der Waals surface area contributed by atoms with Gasteiger partial charge >= 0.3 is 5.63 Å². The van der Waals surface area contributed by atoms with Crippen LogP contribution in [0, 0.1) is 22.7 Å². The van der Waals surface area contributed by atoms with Crippen LogP contribution in [0.5, 0.6) is 0 Å². The molecule has 0 spiro atoms. The molecule has 3 N–H and O–H groups in total. The van der Waals surface area contributed by atoms with E-state index in [9.17, 15) is 20.1 Å². The lowest BCUT2D eigenvalue weighted by Crippen LogP contribution is -2.67. The molecule has 160 valence electrons. The van der Waals surface area contributed by atoms with Gasteiger partial charge in [0, 0.05) is 17.9 Å². The first-order valence-corrected chi connectivity index (χ1v) is 11.3. The number of rotatable bonds is 1. The molecule has 0 bridgehead atoms. The van der Waals surface area contributed by atoms with Crippen LogP contribution >= 0.6 is 0 Å². The fourth-order valence-corrected chi connectivity index (χ4v) is 8.30. The number of fused-ring (bicyclic) bond motifs is 5. The van der Waals surface area contributed by atoms with Gasteiger partial charge in [-0.2, -0.15) is 0 Å². The lowest BCUT2D eigenvalue weighted by molar-refractivity contribution is -0.253. The van der Waals surface area contributed by atoms with Gasteiger partial charge in [-0.1, -0.05) is 13.8 Å². The summed E-state index contributed by atoms with van der Waals surface area (Å²) in [6, 6.07) is 3.35. The molecule has 5 rings (SSSR count). The van der Waals surface area contributed by atoms with E-state index in [0.29, 0.717) is 12.8 Å². The summed E-state index contributed by atoms with van der Waals surface area (Å²) in [5.41, 5.74) is -1.41. The van der Waals surface area contributed by atoms with Crippen LogP contribution in [0.4, 0.5) is 0 Å². The molecule has 29 heavy (non-hydrogen) atoms. The predicted octanol–water partition coefficient (Wildman–Crippen LogP) is 3.36. The lowest BCUT2D eigenvalue weighted by Gasteiger charge is -2.66. The van der Waals surface area contributed by atoms with Gasteiger partial charge in [0.1, 0.15) is 0 Å². The third-order valence-corrected chi connectivity index (χ3v) is 10.1. The van der Waals surface area contributed by atoms with Gasteiger partial charge in [0.2, 0.25) is 0 Å². The van der Waals surface area contributed by atoms with Crippen molar-refractivity contribution in [2.45, 2.75) is 94.9 Å². The Morgan fingerprint density at radius 2 is 1.66 bits per heavy atom. The molecule has 4 saturated carbocycles. The van der Waals surface area contributed by atoms with Crippen molar-refractivity contribution in [3.05, 3.63) is 34.4 Å². The summed E-state index contributed by atoms with van der Waals surface area (Å²) in [7, 11) is 0. The first-order valence-electron chi connectivity index (χ1n) is 11.3. The fourth-order valence-electron chi connectivity index (χ4n) is 8.30. The van der Waals surface area contributed by atoms with Crippen molar-refractivity contribution in [3.63, 3.8) is 0 Å². The minimum atomic E-state index is -0.823. The zero-order valence-corrected chi connectivity index (χ0v) is 17.6. The zero-order chi connectivity index (χ0) is 20.7. The molecular weight excluding hydrogens is 368 g/mol. The van der Waals surface area contributed by atoms with Crippen molar-refractivity contribution in [1.82, 2.24) is 0 Å². The molecule has 0 aliphatic heterocycles. The summed E-state index contributed by atoms with van der Waals surface area (Å²) in [4.78, 5) is 11.4. The van der Waals surface area contributed by atoms with Gasteiger partial charge in [-0.25, -0.2) is 4.79 Å². The normalized spacial score (nSPS) is 51.8. The van der Waals surface area contributed by atoms with E-state index in [0.717, 1.165) is 50.5 Å². The van der Waals surface area contributed by atoms with E-state index in [1.807, 2.05) is 6.07 Å². The Morgan fingerprint density at radius 3 is 2.38 bits per heavy atom. The third-order valence-electron chi connectivity index (χ3n) is 10.1. The topological polar surface area (TPSA) is 90.9 Å². The van der Waals surface area contributed by atoms with Gasteiger partial charge in [-0.15, -0.1) is 0 Å². The van der Waals surface area contributed by atoms with Gasteiger partial charge in [-0.05, 0) is 86.2 Å². The standard InChI is InChI=1S/C24H34O5/c1-21-9-5-16(25)13-23(21,27)11-7-19-18(21)6-10-22(2)17(8-12-24(19,22)28)15-3-4-20(26)29-14-15/h3-4,14,16-19,25,27-28H,5-13H2,1-2H3/t16-,17+,18-,19+,21+,22+,23-,24+/m0/s1. The smallest absolute Gasteiger partial charge is 0.335 e. The Hall–Kier alpha value is -1.17. The van der Waals surface area contributed by atoms with E-state index in [-0.39, 0.29) is 34.2 Å². The average Bonchev–Trinajstić information content (AvgIpc) is 2.95. The SMILES string of the molecule is C[C@]12CC[C@H](O)C[C@@]1(O)CC[C@@H]1[C@@H]2CC[C@]2(C)[C@@H](c3ccc(=O)oc3)CC[C@@]12O. The number of hydrogen-bond donors (Lipinski definition) is 3. The molecule has 4 aliphatic carbocycles. The molecule has 1 heterocycles. The Labute approximate surface area is 172 Å². The average molecular weight is 403 g/mol. The van der Waals surface area contributed by atoms with Crippen LogP contribution in [-0.4, -0.2) is 32.6 Å². The quantitative estimate of drug-likeness (QED) is 0.670. The molecule has 0 amide bonds. The van der Waals surface area contributed by atoms with E-state index < -0.39 is 17.3 Å². The molecule has 0 unspecified atom stereocenters. The summed E-state index contributed by atoms with van der Waals surface area (Å²) in [6.07, 6.45) is 8.22. The number of aliphatic hydroxyl groups excluding tert-OH is 1. The third kappa shape index (κ3) is 2.47. The van der Waals surface area contributed by atoms with E-state index in [2.05, 4.69) is 13.8 Å². The van der Waals surface area contributed by atoms with Crippen LogP contribution in [0.1, 0.15) is 83.1 Å². The van der Waals surface area contributed by atoms with Crippen LogP contribution in [0.2, 0.25) is 0 Å². The molecule has 0 aromatic carbocycles. The highest BCUT2D eigenvalue weighted by atomic mass is 16.4.